The highest BCUT2D eigenvalue weighted by Crippen LogP contribution is 2.16. The van der Waals surface area contributed by atoms with Crippen LogP contribution >= 0.6 is 0 Å². The van der Waals surface area contributed by atoms with Crippen LogP contribution < -0.4 is 10.6 Å². The first-order chi connectivity index (χ1) is 9.52. The normalized spacial score (nSPS) is 11.7. The number of hydrogen-bond acceptors (Lipinski definition) is 2. The van der Waals surface area contributed by atoms with Gasteiger partial charge in [0, 0.05) is 18.7 Å². The molecule has 1 unspecified atom stereocenters. The number of nitrogens with one attached hydrogen (secondary N) is 2. The molecule has 0 spiro atoms. The average Bonchev–Trinajstić information content (AvgIpc) is 2.38. The predicted octanol–water partition coefficient (Wildman–Crippen LogP) is 2.87. The molecule has 1 aromatic rings. The molecule has 0 heterocycles. The van der Waals surface area contributed by atoms with E-state index in [2.05, 4.69) is 17.6 Å². The van der Waals surface area contributed by atoms with Crippen LogP contribution in [0.15, 0.2) is 24.3 Å². The Bertz CT molecular complexity index is 460. The Morgan fingerprint density at radius 2 is 2.00 bits per heavy atom. The topological polar surface area (TPSA) is 78.4 Å². The lowest BCUT2D eigenvalue weighted by atomic mass is 10.1. The number of carbonyl (C=O) groups excluding carboxylic acids is 1. The Kier molecular flexibility index (Phi) is 6.56. The largest absolute Gasteiger partial charge is 0.481 e. The second-order valence-corrected chi connectivity index (χ2v) is 4.95. The molecule has 1 rings (SSSR count). The van der Waals surface area contributed by atoms with Crippen LogP contribution in [0.25, 0.3) is 0 Å². The standard InChI is InChI=1S/C15H22N2O3/c1-3-6-12-7-4-5-8-13(12)17-15(20)16-10-11(2)9-14(18)19/h4-5,7-8,11H,3,6,9-10H2,1-2H3,(H,18,19)(H2,16,17,20). The second-order valence-electron chi connectivity index (χ2n) is 4.95. The molecule has 5 heteroatoms. The molecule has 1 atom stereocenters. The fraction of sp³-hybridized carbons (Fsp3) is 0.467. The first-order valence-electron chi connectivity index (χ1n) is 6.87. The van der Waals surface area contributed by atoms with Gasteiger partial charge in [0.25, 0.3) is 0 Å². The van der Waals surface area contributed by atoms with Crippen molar-refractivity contribution in [3.05, 3.63) is 29.8 Å². The lowest BCUT2D eigenvalue weighted by Gasteiger charge is -2.13. The highest BCUT2D eigenvalue weighted by Gasteiger charge is 2.10. The molecule has 0 aliphatic rings. The fourth-order valence-electron chi connectivity index (χ4n) is 1.93. The number of carbonyl (C=O) groups is 2. The number of rotatable bonds is 7. The summed E-state index contributed by atoms with van der Waals surface area (Å²) in [4.78, 5) is 22.3. The molecule has 3 N–H and O–H groups in total. The first kappa shape index (κ1) is 16.0. The van der Waals surface area contributed by atoms with E-state index < -0.39 is 5.97 Å². The summed E-state index contributed by atoms with van der Waals surface area (Å²) in [5, 5.41) is 14.2. The van der Waals surface area contributed by atoms with Gasteiger partial charge >= 0.3 is 12.0 Å². The van der Waals surface area contributed by atoms with E-state index in [1.165, 1.54) is 0 Å². The monoisotopic (exact) mass is 278 g/mol. The summed E-state index contributed by atoms with van der Waals surface area (Å²) in [5.41, 5.74) is 1.90. The van der Waals surface area contributed by atoms with Crippen molar-refractivity contribution in [2.75, 3.05) is 11.9 Å². The van der Waals surface area contributed by atoms with E-state index in [4.69, 9.17) is 5.11 Å². The zero-order valence-corrected chi connectivity index (χ0v) is 12.0. The molecule has 1 aromatic carbocycles. The van der Waals surface area contributed by atoms with E-state index in [1.807, 2.05) is 24.3 Å². The molecule has 2 amide bonds. The number of aliphatic carboxylic acids is 1. The molecule has 0 bridgehead atoms. The number of carboxylic acids is 1. The molecule has 0 aliphatic heterocycles. The molecule has 0 aliphatic carbocycles. The maximum atomic E-state index is 11.8. The number of carboxylic acid groups (broad SMARTS) is 1. The first-order valence-corrected chi connectivity index (χ1v) is 6.87. The van der Waals surface area contributed by atoms with Crippen molar-refractivity contribution in [1.29, 1.82) is 0 Å². The minimum atomic E-state index is -0.854. The van der Waals surface area contributed by atoms with Crippen molar-refractivity contribution in [3.8, 4) is 0 Å². The summed E-state index contributed by atoms with van der Waals surface area (Å²) in [6.45, 7) is 4.22. The zero-order chi connectivity index (χ0) is 15.0. The fourth-order valence-corrected chi connectivity index (χ4v) is 1.93. The van der Waals surface area contributed by atoms with E-state index >= 15 is 0 Å². The maximum absolute atomic E-state index is 11.8. The third-order valence-electron chi connectivity index (χ3n) is 2.92. The number of benzene rings is 1. The summed E-state index contributed by atoms with van der Waals surface area (Å²) in [5.74, 6) is -0.947. The van der Waals surface area contributed by atoms with Crippen LogP contribution in [0.5, 0.6) is 0 Å². The number of urea groups is 1. The molecule has 110 valence electrons. The van der Waals surface area contributed by atoms with Gasteiger partial charge in [-0.3, -0.25) is 4.79 Å². The van der Waals surface area contributed by atoms with Gasteiger partial charge in [-0.15, -0.1) is 0 Å². The Labute approximate surface area is 119 Å². The molecular formula is C15H22N2O3. The van der Waals surface area contributed by atoms with Crippen LogP contribution in [0.2, 0.25) is 0 Å². The minimum Gasteiger partial charge on any atom is -0.481 e. The van der Waals surface area contributed by atoms with Crippen molar-refractivity contribution < 1.29 is 14.7 Å². The van der Waals surface area contributed by atoms with E-state index in [9.17, 15) is 9.59 Å². The van der Waals surface area contributed by atoms with Crippen molar-refractivity contribution in [2.24, 2.45) is 5.92 Å². The number of aryl methyl sites for hydroxylation is 1. The number of para-hydroxylation sites is 1. The Balaban J connectivity index is 2.48. The van der Waals surface area contributed by atoms with Crippen LogP contribution in [-0.4, -0.2) is 23.7 Å². The molecular weight excluding hydrogens is 256 g/mol. The van der Waals surface area contributed by atoms with Crippen molar-refractivity contribution in [2.45, 2.75) is 33.1 Å². The zero-order valence-electron chi connectivity index (χ0n) is 12.0. The highest BCUT2D eigenvalue weighted by atomic mass is 16.4. The van der Waals surface area contributed by atoms with Crippen molar-refractivity contribution in [1.82, 2.24) is 5.32 Å². The van der Waals surface area contributed by atoms with Crippen molar-refractivity contribution in [3.63, 3.8) is 0 Å². The summed E-state index contributed by atoms with van der Waals surface area (Å²) in [6, 6.07) is 7.38. The van der Waals surface area contributed by atoms with E-state index in [0.29, 0.717) is 6.54 Å². The number of anilines is 1. The molecule has 0 saturated heterocycles. The number of amides is 2. The summed E-state index contributed by atoms with van der Waals surface area (Å²) >= 11 is 0. The molecule has 0 radical (unpaired) electrons. The van der Waals surface area contributed by atoms with Gasteiger partial charge < -0.3 is 15.7 Å². The van der Waals surface area contributed by atoms with Gasteiger partial charge in [-0.05, 0) is 24.0 Å². The van der Waals surface area contributed by atoms with Crippen LogP contribution in [0.3, 0.4) is 0 Å². The van der Waals surface area contributed by atoms with Crippen LogP contribution in [0.4, 0.5) is 10.5 Å². The smallest absolute Gasteiger partial charge is 0.319 e. The minimum absolute atomic E-state index is 0.0483. The molecule has 0 fully saturated rings. The van der Waals surface area contributed by atoms with Gasteiger partial charge in [-0.25, -0.2) is 4.79 Å². The van der Waals surface area contributed by atoms with E-state index in [-0.39, 0.29) is 18.4 Å². The molecule has 0 saturated carbocycles. The summed E-state index contributed by atoms with van der Waals surface area (Å²) < 4.78 is 0. The molecule has 0 aromatic heterocycles. The highest BCUT2D eigenvalue weighted by molar-refractivity contribution is 5.90. The van der Waals surface area contributed by atoms with Crippen LogP contribution in [0.1, 0.15) is 32.3 Å². The quantitative estimate of drug-likeness (QED) is 0.717. The lowest BCUT2D eigenvalue weighted by Crippen LogP contribution is -2.33. The Hall–Kier alpha value is -2.04. The SMILES string of the molecule is CCCc1ccccc1NC(=O)NCC(C)CC(=O)O. The van der Waals surface area contributed by atoms with Crippen LogP contribution in [-0.2, 0) is 11.2 Å². The third kappa shape index (κ3) is 5.73. The van der Waals surface area contributed by atoms with Crippen molar-refractivity contribution >= 4 is 17.7 Å². The summed E-state index contributed by atoms with van der Waals surface area (Å²) in [6.07, 6.45) is 1.97. The number of hydrogen-bond donors (Lipinski definition) is 3. The van der Waals surface area contributed by atoms with Gasteiger partial charge in [0.05, 0.1) is 0 Å². The van der Waals surface area contributed by atoms with E-state index in [0.717, 1.165) is 24.1 Å². The maximum Gasteiger partial charge on any atom is 0.319 e. The third-order valence-corrected chi connectivity index (χ3v) is 2.92. The molecule has 20 heavy (non-hydrogen) atoms. The average molecular weight is 278 g/mol. The van der Waals surface area contributed by atoms with Gasteiger partial charge in [0.2, 0.25) is 0 Å². The van der Waals surface area contributed by atoms with Gasteiger partial charge in [-0.1, -0.05) is 38.5 Å². The Morgan fingerprint density at radius 1 is 1.30 bits per heavy atom. The van der Waals surface area contributed by atoms with Gasteiger partial charge in [-0.2, -0.15) is 0 Å². The molecule has 5 nitrogen and oxygen atoms in total. The van der Waals surface area contributed by atoms with Crippen LogP contribution in [0, 0.1) is 5.92 Å². The predicted molar refractivity (Wildman–Crippen MR) is 78.9 cm³/mol. The Morgan fingerprint density at radius 3 is 2.65 bits per heavy atom. The van der Waals surface area contributed by atoms with E-state index in [1.54, 1.807) is 6.92 Å². The van der Waals surface area contributed by atoms with Gasteiger partial charge in [0.1, 0.15) is 0 Å². The lowest BCUT2D eigenvalue weighted by molar-refractivity contribution is -0.137. The van der Waals surface area contributed by atoms with Gasteiger partial charge in [0.15, 0.2) is 0 Å². The summed E-state index contributed by atoms with van der Waals surface area (Å²) in [7, 11) is 0. The second kappa shape index (κ2) is 8.19.